The number of halogens is 2. The van der Waals surface area contributed by atoms with Crippen molar-refractivity contribution in [3.8, 4) is 16.9 Å². The number of aromatic nitrogens is 3. The molecule has 24 heavy (non-hydrogen) atoms. The second-order valence-electron chi connectivity index (χ2n) is 6.09. The Morgan fingerprint density at radius 2 is 2.04 bits per heavy atom. The van der Waals surface area contributed by atoms with Crippen LogP contribution in [0.15, 0.2) is 24.4 Å². The largest absolute Gasteiger partial charge is 0.497 e. The summed E-state index contributed by atoms with van der Waals surface area (Å²) in [6, 6.07) is 5.06. The lowest BCUT2D eigenvalue weighted by molar-refractivity contribution is 0.411. The van der Waals surface area contributed by atoms with E-state index in [2.05, 4.69) is 10.1 Å². The highest BCUT2D eigenvalue weighted by Crippen LogP contribution is 2.33. The van der Waals surface area contributed by atoms with Crippen LogP contribution in [0.2, 0.25) is 0 Å². The molecule has 0 radical (unpaired) electrons. The molecule has 0 N–H and O–H groups in total. The zero-order chi connectivity index (χ0) is 17.4. The normalized spacial score (nSPS) is 11.5. The van der Waals surface area contributed by atoms with Gasteiger partial charge >= 0.3 is 0 Å². The van der Waals surface area contributed by atoms with Gasteiger partial charge in [0.25, 0.3) is 0 Å². The van der Waals surface area contributed by atoms with E-state index in [1.54, 1.807) is 4.52 Å². The molecule has 6 heteroatoms. The molecule has 1 aromatic carbocycles. The molecule has 3 aromatic rings. The predicted octanol–water partition coefficient (Wildman–Crippen LogP) is 4.71. The molecule has 126 valence electrons. The first-order valence-electron chi connectivity index (χ1n) is 7.74. The van der Waals surface area contributed by atoms with Crippen LogP contribution in [-0.2, 0) is 5.88 Å². The summed E-state index contributed by atoms with van der Waals surface area (Å²) < 4.78 is 21.6. The Morgan fingerprint density at radius 3 is 2.62 bits per heavy atom. The Hall–Kier alpha value is -2.14. The van der Waals surface area contributed by atoms with Crippen molar-refractivity contribution in [2.24, 2.45) is 0 Å². The molecule has 0 unspecified atom stereocenters. The molecule has 0 atom stereocenters. The first kappa shape index (κ1) is 16.7. The maximum atomic E-state index is 14.7. The standard InChI is InChI=1S/C18H19ClFN3O/c1-10(2)17-21-18-14(6-12(8-19)9-23(18)22-17)16-11(3)5-13(24-4)7-15(16)20/h5-7,9-10H,8H2,1-4H3. The number of ether oxygens (including phenoxy) is 1. The molecule has 0 bridgehead atoms. The van der Waals surface area contributed by atoms with Crippen molar-refractivity contribution in [1.82, 2.24) is 14.6 Å². The third-order valence-electron chi connectivity index (χ3n) is 3.94. The third-order valence-corrected chi connectivity index (χ3v) is 4.25. The van der Waals surface area contributed by atoms with Gasteiger partial charge < -0.3 is 4.74 Å². The highest BCUT2D eigenvalue weighted by Gasteiger charge is 2.18. The molecule has 0 amide bonds. The smallest absolute Gasteiger partial charge is 0.163 e. The van der Waals surface area contributed by atoms with Gasteiger partial charge in [0.2, 0.25) is 0 Å². The predicted molar refractivity (Wildman–Crippen MR) is 93.3 cm³/mol. The van der Waals surface area contributed by atoms with Gasteiger partial charge in [0, 0.05) is 35.2 Å². The van der Waals surface area contributed by atoms with Crippen LogP contribution < -0.4 is 4.74 Å². The van der Waals surface area contributed by atoms with Crippen LogP contribution >= 0.6 is 11.6 Å². The van der Waals surface area contributed by atoms with Gasteiger partial charge in [0.15, 0.2) is 11.5 Å². The minimum Gasteiger partial charge on any atom is -0.497 e. The molecule has 0 aliphatic heterocycles. The van der Waals surface area contributed by atoms with Gasteiger partial charge in [0.05, 0.1) is 7.11 Å². The van der Waals surface area contributed by atoms with Crippen molar-refractivity contribution < 1.29 is 9.13 Å². The fourth-order valence-corrected chi connectivity index (χ4v) is 2.88. The van der Waals surface area contributed by atoms with Gasteiger partial charge in [-0.3, -0.25) is 0 Å². The maximum absolute atomic E-state index is 14.7. The number of nitrogens with zero attached hydrogens (tertiary/aromatic N) is 3. The summed E-state index contributed by atoms with van der Waals surface area (Å²) in [5.74, 6) is 1.35. The van der Waals surface area contributed by atoms with E-state index in [1.165, 1.54) is 13.2 Å². The number of rotatable bonds is 4. The molecule has 2 aromatic heterocycles. The van der Waals surface area contributed by atoms with Gasteiger partial charge in [-0.2, -0.15) is 5.10 Å². The number of hydrogen-bond acceptors (Lipinski definition) is 3. The van der Waals surface area contributed by atoms with Crippen molar-refractivity contribution in [2.45, 2.75) is 32.6 Å². The van der Waals surface area contributed by atoms with Crippen molar-refractivity contribution in [1.29, 1.82) is 0 Å². The fourth-order valence-electron chi connectivity index (χ4n) is 2.73. The van der Waals surface area contributed by atoms with Crippen LogP contribution in [0.25, 0.3) is 16.8 Å². The summed E-state index contributed by atoms with van der Waals surface area (Å²) in [5.41, 5.74) is 3.43. The second-order valence-corrected chi connectivity index (χ2v) is 6.36. The van der Waals surface area contributed by atoms with E-state index >= 15 is 0 Å². The molecular formula is C18H19ClFN3O. The quantitative estimate of drug-likeness (QED) is 0.641. The van der Waals surface area contributed by atoms with E-state index in [1.807, 2.05) is 39.1 Å². The van der Waals surface area contributed by atoms with E-state index in [0.29, 0.717) is 28.4 Å². The van der Waals surface area contributed by atoms with E-state index < -0.39 is 0 Å². The monoisotopic (exact) mass is 347 g/mol. The Kier molecular flexibility index (Phi) is 4.45. The average molecular weight is 348 g/mol. The molecule has 3 rings (SSSR count). The summed E-state index contributed by atoms with van der Waals surface area (Å²) >= 11 is 6.01. The molecule has 0 fully saturated rings. The van der Waals surface area contributed by atoms with Crippen molar-refractivity contribution in [3.63, 3.8) is 0 Å². The van der Waals surface area contributed by atoms with Crippen LogP contribution in [0.3, 0.4) is 0 Å². The molecule has 0 saturated carbocycles. The van der Waals surface area contributed by atoms with E-state index in [4.69, 9.17) is 16.3 Å². The first-order chi connectivity index (χ1) is 11.4. The topological polar surface area (TPSA) is 39.4 Å². The summed E-state index contributed by atoms with van der Waals surface area (Å²) in [7, 11) is 1.52. The van der Waals surface area contributed by atoms with Gasteiger partial charge in [-0.25, -0.2) is 13.9 Å². The lowest BCUT2D eigenvalue weighted by atomic mass is 9.99. The van der Waals surface area contributed by atoms with E-state index in [9.17, 15) is 4.39 Å². The highest BCUT2D eigenvalue weighted by atomic mass is 35.5. The minimum atomic E-state index is -0.352. The summed E-state index contributed by atoms with van der Waals surface area (Å²) in [5, 5.41) is 4.50. The Balaban J connectivity index is 2.32. The van der Waals surface area contributed by atoms with Gasteiger partial charge in [-0.05, 0) is 30.2 Å². The van der Waals surface area contributed by atoms with Crippen LogP contribution in [0.1, 0.15) is 36.7 Å². The maximum Gasteiger partial charge on any atom is 0.163 e. The number of methoxy groups -OCH3 is 1. The van der Waals surface area contributed by atoms with Crippen molar-refractivity contribution in [2.75, 3.05) is 7.11 Å². The summed E-state index contributed by atoms with van der Waals surface area (Å²) in [6.45, 7) is 5.90. The van der Waals surface area contributed by atoms with Crippen LogP contribution in [-0.4, -0.2) is 21.7 Å². The Labute approximate surface area is 145 Å². The Bertz CT molecular complexity index is 882. The SMILES string of the molecule is COc1cc(C)c(-c2cc(CCl)cn3nc(C(C)C)nc23)c(F)c1. The number of benzene rings is 1. The molecule has 0 aliphatic rings. The molecule has 0 spiro atoms. The van der Waals surface area contributed by atoms with Crippen molar-refractivity contribution >= 4 is 17.2 Å². The first-order valence-corrected chi connectivity index (χ1v) is 8.27. The van der Waals surface area contributed by atoms with Gasteiger partial charge in [-0.15, -0.1) is 11.6 Å². The zero-order valence-corrected chi connectivity index (χ0v) is 14.9. The Morgan fingerprint density at radius 1 is 1.29 bits per heavy atom. The summed E-state index contributed by atoms with van der Waals surface area (Å²) in [6.07, 6.45) is 1.83. The second kappa shape index (κ2) is 6.40. The van der Waals surface area contributed by atoms with Gasteiger partial charge in [-0.1, -0.05) is 13.8 Å². The van der Waals surface area contributed by atoms with E-state index in [-0.39, 0.29) is 11.7 Å². The molecule has 0 saturated heterocycles. The van der Waals surface area contributed by atoms with Crippen molar-refractivity contribution in [3.05, 3.63) is 47.2 Å². The molecular weight excluding hydrogens is 329 g/mol. The third kappa shape index (κ3) is 2.84. The van der Waals surface area contributed by atoms with Crippen LogP contribution in [0.4, 0.5) is 4.39 Å². The van der Waals surface area contributed by atoms with Crippen LogP contribution in [0, 0.1) is 12.7 Å². The number of pyridine rings is 1. The molecule has 2 heterocycles. The highest BCUT2D eigenvalue weighted by molar-refractivity contribution is 6.17. The number of hydrogen-bond donors (Lipinski definition) is 0. The van der Waals surface area contributed by atoms with E-state index in [0.717, 1.165) is 17.0 Å². The fraction of sp³-hybridized carbons (Fsp3) is 0.333. The zero-order valence-electron chi connectivity index (χ0n) is 14.1. The molecule has 4 nitrogen and oxygen atoms in total. The molecule has 0 aliphatic carbocycles. The minimum absolute atomic E-state index is 0.180. The number of aryl methyl sites for hydroxylation is 1. The average Bonchev–Trinajstić information content (AvgIpc) is 2.98. The summed E-state index contributed by atoms with van der Waals surface area (Å²) in [4.78, 5) is 4.60. The lowest BCUT2D eigenvalue weighted by Crippen LogP contribution is -1.98. The number of alkyl halides is 1. The van der Waals surface area contributed by atoms with Gasteiger partial charge in [0.1, 0.15) is 11.6 Å². The van der Waals surface area contributed by atoms with Crippen LogP contribution in [0.5, 0.6) is 5.75 Å². The lowest BCUT2D eigenvalue weighted by Gasteiger charge is -2.12. The number of fused-ring (bicyclic) bond motifs is 1.